The lowest BCUT2D eigenvalue weighted by Crippen LogP contribution is -2.17. The topological polar surface area (TPSA) is 3.24 Å². The highest BCUT2D eigenvalue weighted by atomic mass is 15.1. The molecule has 0 atom stereocenters. The fourth-order valence-corrected chi connectivity index (χ4v) is 12.8. The lowest BCUT2D eigenvalue weighted by molar-refractivity contribution is 0.874. The van der Waals surface area contributed by atoms with Crippen LogP contribution in [0.15, 0.2) is 273 Å². The first-order chi connectivity index (χ1) is 44.4. The van der Waals surface area contributed by atoms with E-state index in [1.54, 1.807) is 0 Å². The maximum Gasteiger partial charge on any atom is 0.0458 e. The van der Waals surface area contributed by atoms with Crippen LogP contribution in [0.2, 0.25) is 0 Å². The van der Waals surface area contributed by atoms with Crippen LogP contribution in [0.1, 0.15) is 140 Å². The smallest absolute Gasteiger partial charge is 0.0458 e. The van der Waals surface area contributed by atoms with Crippen molar-refractivity contribution in [2.45, 2.75) is 108 Å². The Morgan fingerprint density at radius 3 is 1.75 bits per heavy atom. The van der Waals surface area contributed by atoms with Gasteiger partial charge in [0, 0.05) is 17.1 Å². The zero-order chi connectivity index (χ0) is 64.4. The summed E-state index contributed by atoms with van der Waals surface area (Å²) in [5.41, 5.74) is 31.5. The zero-order valence-electron chi connectivity index (χ0n) is 55.8. The highest BCUT2D eigenvalue weighted by Crippen LogP contribution is 2.45. The van der Waals surface area contributed by atoms with Gasteiger partial charge in [0.25, 0.3) is 0 Å². The largest absolute Gasteiger partial charge is 0.314 e. The Morgan fingerprint density at radius 2 is 1.11 bits per heavy atom. The van der Waals surface area contributed by atoms with Crippen LogP contribution in [0.25, 0.3) is 79.2 Å². The summed E-state index contributed by atoms with van der Waals surface area (Å²) in [4.78, 5) is 2.38. The van der Waals surface area contributed by atoms with E-state index in [2.05, 4.69) is 321 Å². The quantitative estimate of drug-likeness (QED) is 0.117. The number of anilines is 2. The maximum absolute atomic E-state index is 4.39. The fraction of sp³-hybridized carbons (Fsp3) is 0.178. The second-order valence-corrected chi connectivity index (χ2v) is 23.7. The summed E-state index contributed by atoms with van der Waals surface area (Å²) in [6.07, 6.45) is 29.4. The van der Waals surface area contributed by atoms with Crippen LogP contribution in [-0.2, 0) is 12.8 Å². The van der Waals surface area contributed by atoms with Gasteiger partial charge in [-0.3, -0.25) is 0 Å². The summed E-state index contributed by atoms with van der Waals surface area (Å²) < 4.78 is 0. The number of hydrogen-bond donors (Lipinski definition) is 0. The summed E-state index contributed by atoms with van der Waals surface area (Å²) in [5, 5.41) is 5.38. The highest BCUT2D eigenvalue weighted by Gasteiger charge is 2.24. The zero-order valence-corrected chi connectivity index (χ0v) is 55.8. The molecular weight excluding hydrogens is 1090 g/mol. The number of fused-ring (bicyclic) bond motifs is 7. The molecule has 1 heteroatoms. The number of benzene rings is 10. The van der Waals surface area contributed by atoms with E-state index in [9.17, 15) is 0 Å². The summed E-state index contributed by atoms with van der Waals surface area (Å²) in [6, 6.07) is 71.9. The SMILES string of the molecule is C=C(C(/C=C\C)=C(\C)c1ccccc1)c1ccccc1/C=C\C.C=Cc1c(/C=C\C)ccc2c1-c1ccc3ccccc3c1C2.CC.CC1=CC=C(N(c2ccc(C)cc2)c2ccc(C)cc2)CC1.Cc1ccc2c(c1-c1ccc3ccccc3c1C)C=CCC2. The Labute approximate surface area is 545 Å². The van der Waals surface area contributed by atoms with E-state index in [1.165, 1.54) is 150 Å². The molecule has 3 aliphatic carbocycles. The van der Waals surface area contributed by atoms with Crippen molar-refractivity contribution in [3.8, 4) is 22.3 Å². The molecule has 0 unspecified atom stereocenters. The molecule has 10 aromatic rings. The van der Waals surface area contributed by atoms with Crippen LogP contribution in [-0.4, -0.2) is 0 Å². The first kappa shape index (κ1) is 65.6. The first-order valence-electron chi connectivity index (χ1n) is 32.7. The number of aryl methyl sites for hydroxylation is 5. The molecule has 1 nitrogen and oxygen atoms in total. The Bertz CT molecular complexity index is 4380. The normalized spacial score (nSPS) is 13.0. The molecule has 3 aliphatic rings. The van der Waals surface area contributed by atoms with Crippen molar-refractivity contribution < 1.29 is 0 Å². The minimum atomic E-state index is 1.02. The van der Waals surface area contributed by atoms with Crippen molar-refractivity contribution in [2.75, 3.05) is 4.90 Å². The number of allylic oxidation sites excluding steroid dienone is 12. The molecule has 0 amide bonds. The van der Waals surface area contributed by atoms with Crippen LogP contribution in [0.5, 0.6) is 0 Å². The minimum absolute atomic E-state index is 1.02. The predicted octanol–water partition coefficient (Wildman–Crippen LogP) is 26.0. The average molecular weight is 1190 g/mol. The van der Waals surface area contributed by atoms with E-state index >= 15 is 0 Å². The van der Waals surface area contributed by atoms with Crippen molar-refractivity contribution >= 4 is 68.4 Å². The molecule has 0 saturated heterocycles. The van der Waals surface area contributed by atoms with Gasteiger partial charge in [0.15, 0.2) is 0 Å². The maximum atomic E-state index is 4.39. The van der Waals surface area contributed by atoms with Crippen molar-refractivity contribution in [1.82, 2.24) is 0 Å². The molecule has 0 radical (unpaired) electrons. The van der Waals surface area contributed by atoms with Gasteiger partial charge in [-0.1, -0.05) is 280 Å². The molecule has 0 spiro atoms. The Kier molecular flexibility index (Phi) is 22.8. The van der Waals surface area contributed by atoms with Crippen LogP contribution >= 0.6 is 0 Å². The van der Waals surface area contributed by atoms with Crippen molar-refractivity contribution in [3.05, 3.63) is 345 Å². The lowest BCUT2D eigenvalue weighted by atomic mass is 9.84. The second kappa shape index (κ2) is 31.6. The molecule has 0 saturated carbocycles. The van der Waals surface area contributed by atoms with Crippen molar-refractivity contribution in [2.24, 2.45) is 0 Å². The predicted molar refractivity (Wildman–Crippen MR) is 404 cm³/mol. The number of rotatable bonds is 11. The molecule has 0 aliphatic heterocycles. The monoisotopic (exact) mass is 1190 g/mol. The summed E-state index contributed by atoms with van der Waals surface area (Å²) in [7, 11) is 0. The molecule has 0 heterocycles. The van der Waals surface area contributed by atoms with E-state index in [4.69, 9.17) is 0 Å². The highest BCUT2D eigenvalue weighted by molar-refractivity contribution is 5.99. The third-order valence-electron chi connectivity index (χ3n) is 17.6. The molecule has 10 aromatic carbocycles. The van der Waals surface area contributed by atoms with Gasteiger partial charge in [-0.05, 0) is 246 Å². The summed E-state index contributed by atoms with van der Waals surface area (Å²) in [6.45, 7) is 31.7. The second-order valence-electron chi connectivity index (χ2n) is 23.7. The summed E-state index contributed by atoms with van der Waals surface area (Å²) in [5.74, 6) is 0. The number of hydrogen-bond acceptors (Lipinski definition) is 1. The van der Waals surface area contributed by atoms with Crippen LogP contribution in [0.3, 0.4) is 0 Å². The Morgan fingerprint density at radius 1 is 0.516 bits per heavy atom. The van der Waals surface area contributed by atoms with Gasteiger partial charge in [-0.15, -0.1) is 0 Å². The van der Waals surface area contributed by atoms with Gasteiger partial charge < -0.3 is 4.90 Å². The van der Waals surface area contributed by atoms with Crippen LogP contribution < -0.4 is 4.90 Å². The molecule has 13 rings (SSSR count). The van der Waals surface area contributed by atoms with Gasteiger partial charge in [-0.2, -0.15) is 0 Å². The average Bonchev–Trinajstić information content (AvgIpc) is 1.68. The van der Waals surface area contributed by atoms with E-state index in [0.29, 0.717) is 0 Å². The molecule has 91 heavy (non-hydrogen) atoms. The molecule has 0 aromatic heterocycles. The lowest BCUT2D eigenvalue weighted by Gasteiger charge is -2.29. The standard InChI is InChI=1S/C23H24.C22H20.C22H18.C21H23N.C2H6/c1-5-12-21-16-10-11-17-23(21)19(4)22(13-6-2)18(3)20-14-8-7-9-15-20;1-15-11-12-18-8-4-6-10-21(18)22(15)20-14-13-17-7-3-5-9-19(17)16(20)2;1-3-7-15-10-11-17-14-21-19-9-6-5-8-16(19)12-13-20(21)22(17)18(15)4-2;1-16-4-10-19(11-5-16)22(20-12-6-17(2)7-13-20)21-14-8-18(3)9-15-21;1-2/h5-17H,4H2,1-3H3;3,5-7,9-14H,4,8H2,1-2H3;3-13H,2,14H2,1H3;4-8,10-14H,9,15H2,1-3H3;1-2H3/b12-5-,13-6-,22-18+;;7-3-;;. The Balaban J connectivity index is 0.000000142. The van der Waals surface area contributed by atoms with Gasteiger partial charge >= 0.3 is 0 Å². The molecule has 0 fully saturated rings. The van der Waals surface area contributed by atoms with E-state index in [-0.39, 0.29) is 0 Å². The molecule has 0 N–H and O–H groups in total. The van der Waals surface area contributed by atoms with Gasteiger partial charge in [0.05, 0.1) is 0 Å². The van der Waals surface area contributed by atoms with Gasteiger partial charge in [0.2, 0.25) is 0 Å². The van der Waals surface area contributed by atoms with Gasteiger partial charge in [-0.25, -0.2) is 0 Å². The minimum Gasteiger partial charge on any atom is -0.314 e. The number of nitrogens with zero attached hydrogens (tertiary/aromatic N) is 1. The van der Waals surface area contributed by atoms with Crippen molar-refractivity contribution in [3.63, 3.8) is 0 Å². The van der Waals surface area contributed by atoms with E-state index in [0.717, 1.165) is 37.7 Å². The van der Waals surface area contributed by atoms with Gasteiger partial charge in [0.1, 0.15) is 0 Å². The fourth-order valence-electron chi connectivity index (χ4n) is 12.8. The van der Waals surface area contributed by atoms with Crippen molar-refractivity contribution in [1.29, 1.82) is 0 Å². The third-order valence-corrected chi connectivity index (χ3v) is 17.6. The van der Waals surface area contributed by atoms with E-state index < -0.39 is 0 Å². The molecule has 0 bridgehead atoms. The van der Waals surface area contributed by atoms with E-state index in [1.807, 2.05) is 39.8 Å². The summed E-state index contributed by atoms with van der Waals surface area (Å²) >= 11 is 0. The third kappa shape index (κ3) is 15.3. The molecule has 456 valence electrons. The Hall–Kier alpha value is -9.82. The molecular formula is C90H91N. The van der Waals surface area contributed by atoms with Crippen LogP contribution in [0.4, 0.5) is 11.4 Å². The van der Waals surface area contributed by atoms with Crippen LogP contribution in [0, 0.1) is 27.7 Å². The first-order valence-corrected chi connectivity index (χ1v) is 32.7.